The maximum absolute atomic E-state index is 11.1. The van der Waals surface area contributed by atoms with Gasteiger partial charge in [-0.05, 0) is 24.1 Å². The van der Waals surface area contributed by atoms with Crippen LogP contribution in [0.2, 0.25) is 0 Å². The lowest BCUT2D eigenvalue weighted by atomic mass is 10.1. The second-order valence-corrected chi connectivity index (χ2v) is 4.37. The molecule has 1 N–H and O–H groups in total. The average Bonchev–Trinajstić information content (AvgIpc) is 2.29. The second kappa shape index (κ2) is 8.05. The van der Waals surface area contributed by atoms with E-state index in [0.717, 1.165) is 10.5 Å². The largest absolute Gasteiger partial charge is 0.481 e. The van der Waals surface area contributed by atoms with Crippen LogP contribution in [-0.4, -0.2) is 21.5 Å². The van der Waals surface area contributed by atoms with Crippen molar-refractivity contribution in [2.75, 3.05) is 6.26 Å². The number of aliphatic carboxylic acids is 1. The fourth-order valence-electron chi connectivity index (χ4n) is 1.13. The minimum Gasteiger partial charge on any atom is -0.481 e. The summed E-state index contributed by atoms with van der Waals surface area (Å²) < 4.78 is 11.1. The number of hydrogen-bond donors (Lipinski definition) is 1. The van der Waals surface area contributed by atoms with E-state index in [1.165, 1.54) is 0 Å². The average molecular weight is 242 g/mol. The molecular formula is C12H18O3S. The van der Waals surface area contributed by atoms with Gasteiger partial charge in [0.2, 0.25) is 0 Å². The summed E-state index contributed by atoms with van der Waals surface area (Å²) in [4.78, 5) is 11.1. The quantitative estimate of drug-likeness (QED) is 0.882. The third kappa shape index (κ3) is 5.66. The van der Waals surface area contributed by atoms with Gasteiger partial charge in [0, 0.05) is 28.4 Å². The molecule has 1 atom stereocenters. The van der Waals surface area contributed by atoms with Crippen LogP contribution in [0.3, 0.4) is 0 Å². The molecule has 0 heterocycles. The molecule has 3 nitrogen and oxygen atoms in total. The first-order valence-electron chi connectivity index (χ1n) is 5.24. The molecule has 0 amide bonds. The van der Waals surface area contributed by atoms with Crippen LogP contribution < -0.4 is 0 Å². The van der Waals surface area contributed by atoms with Crippen molar-refractivity contribution in [3.63, 3.8) is 0 Å². The van der Waals surface area contributed by atoms with Crippen LogP contribution in [0, 0.1) is 0 Å². The zero-order valence-corrected chi connectivity index (χ0v) is 10.7. The Hall–Kier alpha value is -1.16. The van der Waals surface area contributed by atoms with Crippen LogP contribution in [0.4, 0.5) is 0 Å². The van der Waals surface area contributed by atoms with E-state index in [2.05, 4.69) is 0 Å². The summed E-state index contributed by atoms with van der Waals surface area (Å²) in [6.07, 6.45) is 2.20. The minimum absolute atomic E-state index is 0.111. The van der Waals surface area contributed by atoms with Crippen molar-refractivity contribution >= 4 is 16.8 Å². The molecule has 0 fully saturated rings. The van der Waals surface area contributed by atoms with Gasteiger partial charge in [-0.2, -0.15) is 0 Å². The first-order chi connectivity index (χ1) is 7.59. The van der Waals surface area contributed by atoms with Gasteiger partial charge in [0.15, 0.2) is 0 Å². The molecule has 0 radical (unpaired) electrons. The van der Waals surface area contributed by atoms with Crippen LogP contribution >= 0.6 is 0 Å². The van der Waals surface area contributed by atoms with E-state index in [-0.39, 0.29) is 6.42 Å². The van der Waals surface area contributed by atoms with E-state index in [0.29, 0.717) is 6.42 Å². The summed E-state index contributed by atoms with van der Waals surface area (Å²) in [6.45, 7) is 4.00. The van der Waals surface area contributed by atoms with Gasteiger partial charge in [-0.1, -0.05) is 26.0 Å². The van der Waals surface area contributed by atoms with Gasteiger partial charge >= 0.3 is 5.97 Å². The van der Waals surface area contributed by atoms with Crippen LogP contribution in [0.15, 0.2) is 29.2 Å². The van der Waals surface area contributed by atoms with E-state index < -0.39 is 16.8 Å². The fraction of sp³-hybridized carbons (Fsp3) is 0.417. The van der Waals surface area contributed by atoms with E-state index in [9.17, 15) is 9.00 Å². The second-order valence-electron chi connectivity index (χ2n) is 3.00. The van der Waals surface area contributed by atoms with E-state index in [1.807, 2.05) is 19.9 Å². The maximum atomic E-state index is 11.1. The summed E-state index contributed by atoms with van der Waals surface area (Å²) in [5, 5.41) is 8.49. The molecule has 1 aromatic carbocycles. The zero-order valence-electron chi connectivity index (χ0n) is 9.90. The standard InChI is InChI=1S/C10H12O3S.C2H6/c1-14(13)9-4-2-3-8(7-9)5-6-10(11)12;1-2/h2-4,7H,5-6H2,1H3,(H,11,12);1-2H3. The third-order valence-corrected chi connectivity index (χ3v) is 2.78. The van der Waals surface area contributed by atoms with Gasteiger partial charge in [-0.25, -0.2) is 0 Å². The van der Waals surface area contributed by atoms with Crippen LogP contribution in [0.1, 0.15) is 25.8 Å². The maximum Gasteiger partial charge on any atom is 0.303 e. The normalized spacial score (nSPS) is 11.2. The molecule has 0 aliphatic carbocycles. The molecule has 16 heavy (non-hydrogen) atoms. The lowest BCUT2D eigenvalue weighted by Gasteiger charge is -2.01. The first-order valence-corrected chi connectivity index (χ1v) is 6.79. The molecule has 0 saturated carbocycles. The minimum atomic E-state index is -1.00. The molecule has 1 unspecified atom stereocenters. The summed E-state index contributed by atoms with van der Waals surface area (Å²) in [7, 11) is -1.00. The monoisotopic (exact) mass is 242 g/mol. The Labute approximate surface area is 99.0 Å². The molecular weight excluding hydrogens is 224 g/mol. The van der Waals surface area contributed by atoms with Crippen molar-refractivity contribution < 1.29 is 14.1 Å². The molecule has 1 rings (SSSR count). The summed E-state index contributed by atoms with van der Waals surface area (Å²) >= 11 is 0. The lowest BCUT2D eigenvalue weighted by molar-refractivity contribution is -0.136. The van der Waals surface area contributed by atoms with Gasteiger partial charge in [0.25, 0.3) is 0 Å². The Morgan fingerprint density at radius 1 is 1.38 bits per heavy atom. The van der Waals surface area contributed by atoms with Crippen LogP contribution in [0.25, 0.3) is 0 Å². The topological polar surface area (TPSA) is 54.4 Å². The highest BCUT2D eigenvalue weighted by Crippen LogP contribution is 2.10. The smallest absolute Gasteiger partial charge is 0.303 e. The number of rotatable bonds is 4. The van der Waals surface area contributed by atoms with E-state index in [1.54, 1.807) is 24.5 Å². The SMILES string of the molecule is CC.CS(=O)c1cccc(CCC(=O)O)c1. The molecule has 0 bridgehead atoms. The van der Waals surface area contributed by atoms with Crippen molar-refractivity contribution in [3.05, 3.63) is 29.8 Å². The number of aryl methyl sites for hydroxylation is 1. The number of carbonyl (C=O) groups is 1. The Morgan fingerprint density at radius 3 is 2.50 bits per heavy atom. The predicted molar refractivity (Wildman–Crippen MR) is 66.1 cm³/mol. The Bertz CT molecular complexity index is 361. The molecule has 0 aliphatic rings. The van der Waals surface area contributed by atoms with Crippen LogP contribution in [-0.2, 0) is 22.0 Å². The van der Waals surface area contributed by atoms with E-state index in [4.69, 9.17) is 5.11 Å². The molecule has 90 valence electrons. The Morgan fingerprint density at radius 2 is 2.00 bits per heavy atom. The molecule has 4 heteroatoms. The number of carboxylic acids is 1. The van der Waals surface area contributed by atoms with Gasteiger partial charge in [0.05, 0.1) is 0 Å². The number of hydrogen-bond acceptors (Lipinski definition) is 2. The van der Waals surface area contributed by atoms with Crippen molar-refractivity contribution in [2.24, 2.45) is 0 Å². The van der Waals surface area contributed by atoms with Crippen LogP contribution in [0.5, 0.6) is 0 Å². The fourth-order valence-corrected chi connectivity index (χ4v) is 1.72. The van der Waals surface area contributed by atoms with Crippen molar-refractivity contribution in [1.82, 2.24) is 0 Å². The summed E-state index contributed by atoms with van der Waals surface area (Å²) in [5.41, 5.74) is 0.917. The van der Waals surface area contributed by atoms with Crippen molar-refractivity contribution in [1.29, 1.82) is 0 Å². The number of benzene rings is 1. The highest BCUT2D eigenvalue weighted by atomic mass is 32.2. The highest BCUT2D eigenvalue weighted by Gasteiger charge is 2.01. The lowest BCUT2D eigenvalue weighted by Crippen LogP contribution is -1.98. The van der Waals surface area contributed by atoms with Gasteiger partial charge < -0.3 is 5.11 Å². The predicted octanol–water partition coefficient (Wildman–Crippen LogP) is 2.47. The first kappa shape index (κ1) is 14.8. The Balaban J connectivity index is 0.00000106. The molecule has 0 aliphatic heterocycles. The number of carboxylic acid groups (broad SMARTS) is 1. The van der Waals surface area contributed by atoms with Gasteiger partial charge in [-0.3, -0.25) is 9.00 Å². The summed E-state index contributed by atoms with van der Waals surface area (Å²) in [5.74, 6) is -0.812. The molecule has 0 saturated heterocycles. The van der Waals surface area contributed by atoms with Gasteiger partial charge in [-0.15, -0.1) is 0 Å². The van der Waals surface area contributed by atoms with Crippen molar-refractivity contribution in [3.8, 4) is 0 Å². The molecule has 0 aromatic heterocycles. The van der Waals surface area contributed by atoms with Crippen molar-refractivity contribution in [2.45, 2.75) is 31.6 Å². The van der Waals surface area contributed by atoms with E-state index >= 15 is 0 Å². The summed E-state index contributed by atoms with van der Waals surface area (Å²) in [6, 6.07) is 7.21. The van der Waals surface area contributed by atoms with Gasteiger partial charge in [0.1, 0.15) is 0 Å². The highest BCUT2D eigenvalue weighted by molar-refractivity contribution is 7.84. The third-order valence-electron chi connectivity index (χ3n) is 1.86. The molecule has 1 aromatic rings. The zero-order chi connectivity index (χ0) is 12.6. The molecule has 0 spiro atoms. The Kier molecular flexibility index (Phi) is 7.46.